The second-order valence-electron chi connectivity index (χ2n) is 5.20. The maximum atomic E-state index is 12.5. The Kier molecular flexibility index (Phi) is 5.01. The molecule has 0 unspecified atom stereocenters. The number of methoxy groups -OCH3 is 1. The van der Waals surface area contributed by atoms with Crippen LogP contribution in [0.5, 0.6) is 5.75 Å². The van der Waals surface area contributed by atoms with Crippen LogP contribution in [0.1, 0.15) is 10.6 Å². The van der Waals surface area contributed by atoms with Crippen LogP contribution in [0.4, 0.5) is 11.4 Å². The third-order valence-corrected chi connectivity index (χ3v) is 4.32. The average Bonchev–Trinajstić information content (AvgIpc) is 3.07. The van der Waals surface area contributed by atoms with Crippen LogP contribution in [-0.2, 0) is 0 Å². The van der Waals surface area contributed by atoms with Crippen LogP contribution < -0.4 is 15.8 Å². The summed E-state index contributed by atoms with van der Waals surface area (Å²) in [6, 6.07) is 14.0. The highest BCUT2D eigenvalue weighted by Gasteiger charge is 2.17. The molecule has 0 saturated heterocycles. The van der Waals surface area contributed by atoms with Crippen molar-refractivity contribution in [3.05, 3.63) is 63.8 Å². The summed E-state index contributed by atoms with van der Waals surface area (Å²) in [5, 5.41) is 2.98. The number of furan rings is 1. The fraction of sp³-hybridized carbons (Fsp3) is 0.0556. The van der Waals surface area contributed by atoms with Crippen molar-refractivity contribution in [1.82, 2.24) is 0 Å². The lowest BCUT2D eigenvalue weighted by atomic mass is 10.2. The number of nitrogens with one attached hydrogen (secondary N) is 1. The number of nitrogens with two attached hydrogens (primary N) is 1. The molecule has 1 aromatic heterocycles. The lowest BCUT2D eigenvalue weighted by Gasteiger charge is -2.12. The van der Waals surface area contributed by atoms with E-state index in [-0.39, 0.29) is 10.8 Å². The summed E-state index contributed by atoms with van der Waals surface area (Å²) in [5.74, 6) is 0.687. The number of rotatable bonds is 4. The van der Waals surface area contributed by atoms with Gasteiger partial charge in [0.1, 0.15) is 17.2 Å². The summed E-state index contributed by atoms with van der Waals surface area (Å²) in [7, 11) is 1.47. The molecule has 0 spiro atoms. The van der Waals surface area contributed by atoms with Crippen LogP contribution in [0.15, 0.2) is 57.4 Å². The molecule has 1 amide bonds. The largest absolute Gasteiger partial charge is 0.494 e. The van der Waals surface area contributed by atoms with Gasteiger partial charge in [-0.15, -0.1) is 0 Å². The number of nitrogen functional groups attached to an aromatic ring is 1. The van der Waals surface area contributed by atoms with Crippen molar-refractivity contribution in [2.45, 2.75) is 0 Å². The Morgan fingerprint density at radius 2 is 1.92 bits per heavy atom. The first-order chi connectivity index (χ1) is 12.0. The monoisotopic (exact) mass is 420 g/mol. The maximum absolute atomic E-state index is 12.5. The van der Waals surface area contributed by atoms with E-state index in [1.165, 1.54) is 13.2 Å². The van der Waals surface area contributed by atoms with Gasteiger partial charge in [0.05, 0.1) is 12.1 Å². The van der Waals surface area contributed by atoms with Crippen molar-refractivity contribution in [3.63, 3.8) is 0 Å². The Bertz CT molecular complexity index is 923. The Balaban J connectivity index is 1.84. The number of ether oxygens (including phenoxy) is 1. The van der Waals surface area contributed by atoms with Gasteiger partial charge in [0.15, 0.2) is 5.76 Å². The zero-order valence-corrected chi connectivity index (χ0v) is 15.5. The SMILES string of the molecule is COc1cc(N)cc(Cl)c1NC(=O)c1ccc(-c2ccc(Br)cc2)o1. The van der Waals surface area contributed by atoms with Gasteiger partial charge in [-0.25, -0.2) is 0 Å². The molecule has 25 heavy (non-hydrogen) atoms. The molecule has 128 valence electrons. The normalized spacial score (nSPS) is 10.5. The first-order valence-electron chi connectivity index (χ1n) is 7.28. The number of hydrogen-bond acceptors (Lipinski definition) is 4. The number of anilines is 2. The number of amides is 1. The van der Waals surface area contributed by atoms with Crippen molar-refractivity contribution < 1.29 is 13.9 Å². The zero-order chi connectivity index (χ0) is 18.0. The summed E-state index contributed by atoms with van der Waals surface area (Å²) in [6.07, 6.45) is 0. The van der Waals surface area contributed by atoms with Gasteiger partial charge in [0, 0.05) is 21.8 Å². The molecule has 0 aliphatic carbocycles. The molecular weight excluding hydrogens is 408 g/mol. The summed E-state index contributed by atoms with van der Waals surface area (Å²) in [4.78, 5) is 12.5. The van der Waals surface area contributed by atoms with Gasteiger partial charge in [0.2, 0.25) is 0 Å². The molecule has 0 saturated carbocycles. The Labute approximate surface area is 157 Å². The van der Waals surface area contributed by atoms with Crippen LogP contribution in [0.25, 0.3) is 11.3 Å². The highest BCUT2D eigenvalue weighted by Crippen LogP contribution is 2.35. The molecule has 7 heteroatoms. The maximum Gasteiger partial charge on any atom is 0.291 e. The lowest BCUT2D eigenvalue weighted by Crippen LogP contribution is -2.12. The third kappa shape index (κ3) is 3.81. The smallest absolute Gasteiger partial charge is 0.291 e. The van der Waals surface area contributed by atoms with Crippen molar-refractivity contribution in [2.24, 2.45) is 0 Å². The number of hydrogen-bond donors (Lipinski definition) is 2. The molecule has 3 aromatic rings. The molecule has 2 aromatic carbocycles. The van der Waals surface area contributed by atoms with Crippen LogP contribution >= 0.6 is 27.5 Å². The molecule has 1 heterocycles. The minimum absolute atomic E-state index is 0.160. The molecule has 5 nitrogen and oxygen atoms in total. The van der Waals surface area contributed by atoms with Crippen LogP contribution in [0.3, 0.4) is 0 Å². The van der Waals surface area contributed by atoms with Gasteiger partial charge >= 0.3 is 0 Å². The molecule has 0 radical (unpaired) electrons. The number of halogens is 2. The molecule has 0 atom stereocenters. The zero-order valence-electron chi connectivity index (χ0n) is 13.2. The summed E-state index contributed by atoms with van der Waals surface area (Å²) in [5.41, 5.74) is 7.37. The Morgan fingerprint density at radius 1 is 1.20 bits per heavy atom. The predicted molar refractivity (Wildman–Crippen MR) is 102 cm³/mol. The van der Waals surface area contributed by atoms with E-state index >= 15 is 0 Å². The average molecular weight is 422 g/mol. The van der Waals surface area contributed by atoms with E-state index < -0.39 is 5.91 Å². The van der Waals surface area contributed by atoms with Gasteiger partial charge in [-0.2, -0.15) is 0 Å². The Morgan fingerprint density at radius 3 is 2.60 bits per heavy atom. The molecule has 0 aliphatic heterocycles. The van der Waals surface area contributed by atoms with Gasteiger partial charge in [-0.3, -0.25) is 4.79 Å². The number of carbonyl (C=O) groups is 1. The van der Waals surface area contributed by atoms with Gasteiger partial charge < -0.3 is 20.2 Å². The molecule has 3 rings (SSSR count). The summed E-state index contributed by atoms with van der Waals surface area (Å²) < 4.78 is 11.8. The minimum atomic E-state index is -0.437. The standard InChI is InChI=1S/C18H14BrClN2O3/c1-24-16-9-12(21)8-13(20)17(16)22-18(23)15-7-6-14(25-15)10-2-4-11(19)5-3-10/h2-9H,21H2,1H3,(H,22,23). The minimum Gasteiger partial charge on any atom is -0.494 e. The highest BCUT2D eigenvalue weighted by molar-refractivity contribution is 9.10. The van der Waals surface area contributed by atoms with Gasteiger partial charge in [-0.05, 0) is 30.3 Å². The van der Waals surface area contributed by atoms with Gasteiger partial charge in [0.25, 0.3) is 5.91 Å². The quantitative estimate of drug-likeness (QED) is 0.567. The molecule has 0 bridgehead atoms. The van der Waals surface area contributed by atoms with E-state index in [2.05, 4.69) is 21.2 Å². The van der Waals surface area contributed by atoms with Crippen molar-refractivity contribution in [3.8, 4) is 17.1 Å². The highest BCUT2D eigenvalue weighted by atomic mass is 79.9. The first-order valence-corrected chi connectivity index (χ1v) is 8.45. The number of carbonyl (C=O) groups excluding carboxylic acids is 1. The van der Waals surface area contributed by atoms with Crippen molar-refractivity contribution in [2.75, 3.05) is 18.2 Å². The van der Waals surface area contributed by atoms with Crippen molar-refractivity contribution in [1.29, 1.82) is 0 Å². The predicted octanol–water partition coefficient (Wildman–Crippen LogP) is 5.21. The van der Waals surface area contributed by atoms with E-state index in [0.29, 0.717) is 22.9 Å². The van der Waals surface area contributed by atoms with E-state index in [0.717, 1.165) is 10.0 Å². The fourth-order valence-corrected chi connectivity index (χ4v) is 2.82. The summed E-state index contributed by atoms with van der Waals surface area (Å²) >= 11 is 9.53. The van der Waals surface area contributed by atoms with Crippen LogP contribution in [0.2, 0.25) is 5.02 Å². The molecular formula is C18H14BrClN2O3. The topological polar surface area (TPSA) is 77.5 Å². The van der Waals surface area contributed by atoms with E-state index in [1.807, 2.05) is 24.3 Å². The van der Waals surface area contributed by atoms with Crippen LogP contribution in [-0.4, -0.2) is 13.0 Å². The van der Waals surface area contributed by atoms with E-state index in [1.54, 1.807) is 18.2 Å². The van der Waals surface area contributed by atoms with Crippen molar-refractivity contribution >= 4 is 44.8 Å². The molecule has 0 fully saturated rings. The fourth-order valence-electron chi connectivity index (χ4n) is 2.29. The number of benzene rings is 2. The summed E-state index contributed by atoms with van der Waals surface area (Å²) in [6.45, 7) is 0. The lowest BCUT2D eigenvalue weighted by molar-refractivity contribution is 0.0997. The second-order valence-corrected chi connectivity index (χ2v) is 6.53. The third-order valence-electron chi connectivity index (χ3n) is 3.49. The second kappa shape index (κ2) is 7.21. The first kappa shape index (κ1) is 17.4. The molecule has 0 aliphatic rings. The Hall–Kier alpha value is -2.44. The molecule has 3 N–H and O–H groups in total. The van der Waals surface area contributed by atoms with E-state index in [9.17, 15) is 4.79 Å². The van der Waals surface area contributed by atoms with Gasteiger partial charge in [-0.1, -0.05) is 39.7 Å². The van der Waals surface area contributed by atoms with Crippen LogP contribution in [0, 0.1) is 0 Å². The van der Waals surface area contributed by atoms with E-state index in [4.69, 9.17) is 26.5 Å².